The SMILES string of the molecule is CCNC(=NCc1ccc(N2CCCC2)nc1)NCCc1cccc(C(=O)NC)c1.I. The van der Waals surface area contributed by atoms with E-state index in [4.69, 9.17) is 0 Å². The molecule has 31 heavy (non-hydrogen) atoms. The molecule has 1 fully saturated rings. The van der Waals surface area contributed by atoms with E-state index >= 15 is 0 Å². The molecule has 0 unspecified atom stereocenters. The molecule has 0 saturated carbocycles. The molecule has 7 nitrogen and oxygen atoms in total. The van der Waals surface area contributed by atoms with Crippen molar-refractivity contribution in [2.24, 2.45) is 4.99 Å². The third-order valence-corrected chi connectivity index (χ3v) is 5.13. The maximum Gasteiger partial charge on any atom is 0.251 e. The summed E-state index contributed by atoms with van der Waals surface area (Å²) in [5.74, 6) is 1.77. The van der Waals surface area contributed by atoms with Gasteiger partial charge in [-0.2, -0.15) is 0 Å². The van der Waals surface area contributed by atoms with E-state index in [-0.39, 0.29) is 29.9 Å². The second-order valence-corrected chi connectivity index (χ2v) is 7.37. The summed E-state index contributed by atoms with van der Waals surface area (Å²) in [6, 6.07) is 11.9. The van der Waals surface area contributed by atoms with Gasteiger partial charge in [-0.25, -0.2) is 9.98 Å². The van der Waals surface area contributed by atoms with Gasteiger partial charge in [0.1, 0.15) is 5.82 Å². The van der Waals surface area contributed by atoms with Gasteiger partial charge in [0, 0.05) is 45.0 Å². The molecule has 2 aromatic rings. The Kier molecular flexibility index (Phi) is 10.6. The Morgan fingerprint density at radius 2 is 1.94 bits per heavy atom. The number of amides is 1. The monoisotopic (exact) mass is 536 g/mol. The van der Waals surface area contributed by atoms with Gasteiger partial charge in [0.15, 0.2) is 5.96 Å². The van der Waals surface area contributed by atoms with Gasteiger partial charge in [-0.3, -0.25) is 4.79 Å². The third kappa shape index (κ3) is 7.68. The first-order valence-corrected chi connectivity index (χ1v) is 10.7. The fourth-order valence-corrected chi connectivity index (χ4v) is 3.49. The number of carbonyl (C=O) groups is 1. The first-order chi connectivity index (χ1) is 14.7. The summed E-state index contributed by atoms with van der Waals surface area (Å²) >= 11 is 0. The van der Waals surface area contributed by atoms with Crippen LogP contribution in [0.15, 0.2) is 47.6 Å². The van der Waals surface area contributed by atoms with E-state index in [2.05, 4.69) is 49.9 Å². The van der Waals surface area contributed by atoms with Crippen molar-refractivity contribution >= 4 is 41.7 Å². The molecular formula is C23H33IN6O. The fraction of sp³-hybridized carbons (Fsp3) is 0.435. The molecule has 1 aliphatic heterocycles. The van der Waals surface area contributed by atoms with Crippen molar-refractivity contribution in [2.75, 3.05) is 38.1 Å². The number of anilines is 1. The van der Waals surface area contributed by atoms with Crippen LogP contribution in [0.25, 0.3) is 0 Å². The Bertz CT molecular complexity index is 849. The zero-order chi connectivity index (χ0) is 21.2. The number of rotatable bonds is 8. The van der Waals surface area contributed by atoms with Gasteiger partial charge in [0.25, 0.3) is 5.91 Å². The van der Waals surface area contributed by atoms with Crippen LogP contribution < -0.4 is 20.9 Å². The number of nitrogens with one attached hydrogen (secondary N) is 3. The van der Waals surface area contributed by atoms with Gasteiger partial charge in [-0.05, 0) is 55.5 Å². The molecule has 1 aromatic carbocycles. The van der Waals surface area contributed by atoms with Crippen molar-refractivity contribution in [1.82, 2.24) is 20.9 Å². The molecule has 0 bridgehead atoms. The highest BCUT2D eigenvalue weighted by molar-refractivity contribution is 14.0. The highest BCUT2D eigenvalue weighted by Crippen LogP contribution is 2.17. The lowest BCUT2D eigenvalue weighted by Gasteiger charge is -2.16. The van der Waals surface area contributed by atoms with Crippen LogP contribution in [0.3, 0.4) is 0 Å². The molecule has 0 atom stereocenters. The molecule has 8 heteroatoms. The number of carbonyl (C=O) groups excluding carboxylic acids is 1. The minimum Gasteiger partial charge on any atom is -0.357 e. The van der Waals surface area contributed by atoms with Crippen LogP contribution in [0.4, 0.5) is 5.82 Å². The summed E-state index contributed by atoms with van der Waals surface area (Å²) in [5, 5.41) is 9.31. The molecule has 3 rings (SSSR count). The Hall–Kier alpha value is -2.36. The molecule has 0 spiro atoms. The Morgan fingerprint density at radius 3 is 2.61 bits per heavy atom. The van der Waals surface area contributed by atoms with Crippen molar-refractivity contribution < 1.29 is 4.79 Å². The van der Waals surface area contributed by atoms with Crippen LogP contribution in [-0.4, -0.2) is 50.1 Å². The Balaban J connectivity index is 0.00000341. The third-order valence-electron chi connectivity index (χ3n) is 5.13. The lowest BCUT2D eigenvalue weighted by Crippen LogP contribution is -2.38. The number of guanidine groups is 1. The quantitative estimate of drug-likeness (QED) is 0.275. The smallest absolute Gasteiger partial charge is 0.251 e. The predicted molar refractivity (Wildman–Crippen MR) is 137 cm³/mol. The van der Waals surface area contributed by atoms with Crippen LogP contribution >= 0.6 is 24.0 Å². The average molecular weight is 536 g/mol. The summed E-state index contributed by atoms with van der Waals surface area (Å²) in [6.07, 6.45) is 5.23. The highest BCUT2D eigenvalue weighted by Gasteiger charge is 2.12. The first kappa shape index (κ1) is 24.9. The number of benzene rings is 1. The molecule has 3 N–H and O–H groups in total. The number of halogens is 1. The summed E-state index contributed by atoms with van der Waals surface area (Å²) < 4.78 is 0. The lowest BCUT2D eigenvalue weighted by atomic mass is 10.1. The maximum absolute atomic E-state index is 11.8. The zero-order valence-electron chi connectivity index (χ0n) is 18.4. The van der Waals surface area contributed by atoms with E-state index in [9.17, 15) is 4.79 Å². The summed E-state index contributed by atoms with van der Waals surface area (Å²) in [5.41, 5.74) is 2.88. The van der Waals surface area contributed by atoms with Gasteiger partial charge < -0.3 is 20.9 Å². The number of hydrogen-bond donors (Lipinski definition) is 3. The Morgan fingerprint density at radius 1 is 1.13 bits per heavy atom. The molecule has 0 radical (unpaired) electrons. The normalized spacial score (nSPS) is 13.5. The molecule has 2 heterocycles. The molecule has 1 aromatic heterocycles. The van der Waals surface area contributed by atoms with E-state index in [0.717, 1.165) is 55.5 Å². The molecule has 0 aliphatic carbocycles. The van der Waals surface area contributed by atoms with Crippen LogP contribution in [-0.2, 0) is 13.0 Å². The summed E-state index contributed by atoms with van der Waals surface area (Å²) in [4.78, 5) is 23.4. The van der Waals surface area contributed by atoms with Crippen LogP contribution in [0, 0.1) is 0 Å². The minimum absolute atomic E-state index is 0. The van der Waals surface area contributed by atoms with Crippen molar-refractivity contribution in [3.05, 3.63) is 59.3 Å². The van der Waals surface area contributed by atoms with Crippen LogP contribution in [0.1, 0.15) is 41.3 Å². The maximum atomic E-state index is 11.8. The standard InChI is InChI=1S/C23H32N6O.HI/c1-3-25-23(26-12-11-18-7-6-8-20(15-18)22(30)24-2)28-17-19-9-10-21(27-16-19)29-13-4-5-14-29;/h6-10,15-16H,3-5,11-14,17H2,1-2H3,(H,24,30)(H2,25,26,28);1H. The van der Waals surface area contributed by atoms with Gasteiger partial charge in [-0.15, -0.1) is 24.0 Å². The molecule has 168 valence electrons. The predicted octanol–water partition coefficient (Wildman–Crippen LogP) is 2.96. The average Bonchev–Trinajstić information content (AvgIpc) is 3.32. The van der Waals surface area contributed by atoms with Gasteiger partial charge in [0.2, 0.25) is 0 Å². The van der Waals surface area contributed by atoms with E-state index in [1.807, 2.05) is 30.5 Å². The van der Waals surface area contributed by atoms with Crippen molar-refractivity contribution in [2.45, 2.75) is 32.7 Å². The second kappa shape index (κ2) is 13.1. The first-order valence-electron chi connectivity index (χ1n) is 10.7. The van der Waals surface area contributed by atoms with Crippen LogP contribution in [0.2, 0.25) is 0 Å². The lowest BCUT2D eigenvalue weighted by molar-refractivity contribution is 0.0963. The zero-order valence-corrected chi connectivity index (χ0v) is 20.7. The van der Waals surface area contributed by atoms with Gasteiger partial charge >= 0.3 is 0 Å². The topological polar surface area (TPSA) is 81.7 Å². The van der Waals surface area contributed by atoms with Gasteiger partial charge in [0.05, 0.1) is 6.54 Å². The number of nitrogens with zero attached hydrogens (tertiary/aromatic N) is 3. The van der Waals surface area contributed by atoms with Crippen molar-refractivity contribution in [1.29, 1.82) is 0 Å². The number of aromatic nitrogens is 1. The molecule has 1 amide bonds. The minimum atomic E-state index is -0.0657. The summed E-state index contributed by atoms with van der Waals surface area (Å²) in [7, 11) is 1.64. The van der Waals surface area contributed by atoms with Crippen LogP contribution in [0.5, 0.6) is 0 Å². The largest absolute Gasteiger partial charge is 0.357 e. The fourth-order valence-electron chi connectivity index (χ4n) is 3.49. The number of aliphatic imine (C=N–C) groups is 1. The molecule has 1 aliphatic rings. The van der Waals surface area contributed by atoms with Gasteiger partial charge in [-0.1, -0.05) is 18.2 Å². The van der Waals surface area contributed by atoms with E-state index in [0.29, 0.717) is 12.1 Å². The second-order valence-electron chi connectivity index (χ2n) is 7.37. The van der Waals surface area contributed by atoms with Crippen molar-refractivity contribution in [3.63, 3.8) is 0 Å². The van der Waals surface area contributed by atoms with E-state index in [1.54, 1.807) is 7.05 Å². The number of hydrogen-bond acceptors (Lipinski definition) is 4. The van der Waals surface area contributed by atoms with Crippen molar-refractivity contribution in [3.8, 4) is 0 Å². The molecular weight excluding hydrogens is 503 g/mol. The van der Waals surface area contributed by atoms with E-state index < -0.39 is 0 Å². The summed E-state index contributed by atoms with van der Waals surface area (Å²) in [6.45, 7) is 6.36. The number of pyridine rings is 1. The highest BCUT2D eigenvalue weighted by atomic mass is 127. The Labute approximate surface area is 202 Å². The molecule has 1 saturated heterocycles. The van der Waals surface area contributed by atoms with E-state index in [1.165, 1.54) is 12.8 Å².